The number of benzene rings is 1. The molecule has 1 aliphatic heterocycles. The number of unbranched alkanes of at least 4 members (excludes halogenated alkanes) is 1. The number of hydrogen-bond donors (Lipinski definition) is 2. The van der Waals surface area contributed by atoms with Gasteiger partial charge >= 0.3 is 0 Å². The highest BCUT2D eigenvalue weighted by Crippen LogP contribution is 2.42. The SMILES string of the molecule is COCCCC[C@@](O)(c1cc(F)cc2ccoc12)[C@@H]1CCCNC1. The van der Waals surface area contributed by atoms with Gasteiger partial charge < -0.3 is 19.6 Å². The fourth-order valence-electron chi connectivity index (χ4n) is 3.83. The summed E-state index contributed by atoms with van der Waals surface area (Å²) < 4.78 is 24.8. The van der Waals surface area contributed by atoms with Crippen molar-refractivity contribution in [2.75, 3.05) is 26.8 Å². The number of methoxy groups -OCH3 is 1. The van der Waals surface area contributed by atoms with Crippen LogP contribution in [-0.4, -0.2) is 31.9 Å². The monoisotopic (exact) mass is 335 g/mol. The van der Waals surface area contributed by atoms with Crippen molar-refractivity contribution in [2.45, 2.75) is 37.7 Å². The van der Waals surface area contributed by atoms with Crippen LogP contribution in [0.5, 0.6) is 0 Å². The lowest BCUT2D eigenvalue weighted by Crippen LogP contribution is -2.44. The molecule has 1 saturated heterocycles. The summed E-state index contributed by atoms with van der Waals surface area (Å²) in [5.41, 5.74) is 0.0733. The number of nitrogens with one attached hydrogen (secondary N) is 1. The fourth-order valence-corrected chi connectivity index (χ4v) is 3.83. The van der Waals surface area contributed by atoms with Crippen LogP contribution in [0.1, 0.15) is 37.7 Å². The van der Waals surface area contributed by atoms with E-state index in [1.54, 1.807) is 19.4 Å². The Labute approximate surface area is 142 Å². The van der Waals surface area contributed by atoms with Gasteiger partial charge in [0.25, 0.3) is 0 Å². The van der Waals surface area contributed by atoms with Crippen LogP contribution in [0.4, 0.5) is 4.39 Å². The largest absolute Gasteiger partial charge is 0.464 e. The van der Waals surface area contributed by atoms with Crippen molar-refractivity contribution in [3.8, 4) is 0 Å². The summed E-state index contributed by atoms with van der Waals surface area (Å²) in [7, 11) is 1.68. The van der Waals surface area contributed by atoms with Crippen molar-refractivity contribution < 1.29 is 18.7 Å². The molecule has 5 heteroatoms. The van der Waals surface area contributed by atoms with E-state index >= 15 is 0 Å². The van der Waals surface area contributed by atoms with E-state index in [4.69, 9.17) is 9.15 Å². The molecule has 0 unspecified atom stereocenters. The molecule has 2 atom stereocenters. The number of fused-ring (bicyclic) bond motifs is 1. The summed E-state index contributed by atoms with van der Waals surface area (Å²) >= 11 is 0. The third-order valence-electron chi connectivity index (χ3n) is 5.11. The highest BCUT2D eigenvalue weighted by molar-refractivity contribution is 5.81. The smallest absolute Gasteiger partial charge is 0.140 e. The van der Waals surface area contributed by atoms with E-state index in [-0.39, 0.29) is 11.7 Å². The van der Waals surface area contributed by atoms with Crippen LogP contribution in [-0.2, 0) is 10.3 Å². The second-order valence-corrected chi connectivity index (χ2v) is 6.71. The van der Waals surface area contributed by atoms with Crippen LogP contribution in [0.3, 0.4) is 0 Å². The summed E-state index contributed by atoms with van der Waals surface area (Å²) in [5, 5.41) is 15.7. The van der Waals surface area contributed by atoms with Gasteiger partial charge in [0.1, 0.15) is 11.4 Å². The second kappa shape index (κ2) is 7.64. The van der Waals surface area contributed by atoms with Crippen molar-refractivity contribution in [3.05, 3.63) is 35.8 Å². The maximum absolute atomic E-state index is 14.1. The number of rotatable bonds is 7. The van der Waals surface area contributed by atoms with Gasteiger partial charge in [-0.3, -0.25) is 0 Å². The molecule has 2 N–H and O–H groups in total. The molecule has 4 nitrogen and oxygen atoms in total. The van der Waals surface area contributed by atoms with Crippen molar-refractivity contribution >= 4 is 11.0 Å². The molecule has 1 fully saturated rings. The molecule has 24 heavy (non-hydrogen) atoms. The molecule has 0 aliphatic carbocycles. The molecule has 0 amide bonds. The topological polar surface area (TPSA) is 54.6 Å². The van der Waals surface area contributed by atoms with Gasteiger partial charge in [0.15, 0.2) is 0 Å². The number of ether oxygens (including phenoxy) is 1. The van der Waals surface area contributed by atoms with E-state index in [0.717, 1.165) is 38.8 Å². The van der Waals surface area contributed by atoms with Crippen LogP contribution >= 0.6 is 0 Å². The molecule has 0 saturated carbocycles. The molecule has 2 heterocycles. The lowest BCUT2D eigenvalue weighted by molar-refractivity contribution is -0.0430. The molecule has 132 valence electrons. The average molecular weight is 335 g/mol. The van der Waals surface area contributed by atoms with Crippen molar-refractivity contribution in [2.24, 2.45) is 5.92 Å². The maximum Gasteiger partial charge on any atom is 0.140 e. The van der Waals surface area contributed by atoms with Crippen LogP contribution in [0.15, 0.2) is 28.9 Å². The number of hydrogen-bond acceptors (Lipinski definition) is 4. The Bertz CT molecular complexity index is 666. The van der Waals surface area contributed by atoms with Gasteiger partial charge in [0, 0.05) is 37.1 Å². The van der Waals surface area contributed by atoms with Crippen molar-refractivity contribution in [3.63, 3.8) is 0 Å². The third kappa shape index (κ3) is 3.48. The van der Waals surface area contributed by atoms with Gasteiger partial charge in [0.05, 0.1) is 11.9 Å². The predicted octanol–water partition coefficient (Wildman–Crippen LogP) is 3.58. The molecule has 1 aromatic carbocycles. The van der Waals surface area contributed by atoms with Crippen LogP contribution in [0.25, 0.3) is 11.0 Å². The first-order chi connectivity index (χ1) is 11.6. The first-order valence-electron chi connectivity index (χ1n) is 8.74. The first kappa shape index (κ1) is 17.4. The van der Waals surface area contributed by atoms with Crippen LogP contribution in [0, 0.1) is 11.7 Å². The summed E-state index contributed by atoms with van der Waals surface area (Å²) in [6.07, 6.45) is 5.75. The zero-order valence-corrected chi connectivity index (χ0v) is 14.2. The number of piperidine rings is 1. The molecule has 0 bridgehead atoms. The van der Waals surface area contributed by atoms with Gasteiger partial charge in [0.2, 0.25) is 0 Å². The van der Waals surface area contributed by atoms with E-state index in [0.29, 0.717) is 29.6 Å². The Hall–Kier alpha value is -1.43. The maximum atomic E-state index is 14.1. The fraction of sp³-hybridized carbons (Fsp3) is 0.579. The minimum absolute atomic E-state index is 0.0453. The molecule has 1 aliphatic rings. The van der Waals surface area contributed by atoms with Crippen molar-refractivity contribution in [1.82, 2.24) is 5.32 Å². The first-order valence-corrected chi connectivity index (χ1v) is 8.74. The lowest BCUT2D eigenvalue weighted by Gasteiger charge is -2.39. The number of furan rings is 1. The Morgan fingerprint density at radius 2 is 2.29 bits per heavy atom. The third-order valence-corrected chi connectivity index (χ3v) is 5.11. The molecule has 1 aromatic heterocycles. The molecular formula is C19H26FNO3. The van der Waals surface area contributed by atoms with Gasteiger partial charge in [-0.2, -0.15) is 0 Å². The number of aliphatic hydroxyl groups is 1. The predicted molar refractivity (Wildman–Crippen MR) is 91.4 cm³/mol. The molecule has 0 radical (unpaired) electrons. The zero-order valence-electron chi connectivity index (χ0n) is 14.2. The van der Waals surface area contributed by atoms with E-state index in [2.05, 4.69) is 5.32 Å². The van der Waals surface area contributed by atoms with Gasteiger partial charge in [-0.05, 0) is 56.8 Å². The van der Waals surface area contributed by atoms with Crippen LogP contribution in [0.2, 0.25) is 0 Å². The quantitative estimate of drug-likeness (QED) is 0.760. The van der Waals surface area contributed by atoms with E-state index in [1.807, 2.05) is 0 Å². The number of halogens is 1. The Morgan fingerprint density at radius 3 is 3.04 bits per heavy atom. The Kier molecular flexibility index (Phi) is 5.54. The molecular weight excluding hydrogens is 309 g/mol. The summed E-state index contributed by atoms with van der Waals surface area (Å²) in [6, 6.07) is 4.63. The van der Waals surface area contributed by atoms with E-state index < -0.39 is 5.60 Å². The summed E-state index contributed by atoms with van der Waals surface area (Å²) in [6.45, 7) is 2.37. The Morgan fingerprint density at radius 1 is 1.42 bits per heavy atom. The van der Waals surface area contributed by atoms with Crippen molar-refractivity contribution in [1.29, 1.82) is 0 Å². The molecule has 3 rings (SSSR count). The summed E-state index contributed by atoms with van der Waals surface area (Å²) in [4.78, 5) is 0. The minimum atomic E-state index is -1.10. The minimum Gasteiger partial charge on any atom is -0.464 e. The van der Waals surface area contributed by atoms with Gasteiger partial charge in [-0.25, -0.2) is 4.39 Å². The highest BCUT2D eigenvalue weighted by atomic mass is 19.1. The molecule has 2 aromatic rings. The summed E-state index contributed by atoms with van der Waals surface area (Å²) in [5.74, 6) is -0.290. The Balaban J connectivity index is 1.96. The lowest BCUT2D eigenvalue weighted by atomic mass is 9.74. The highest BCUT2D eigenvalue weighted by Gasteiger charge is 2.40. The van der Waals surface area contributed by atoms with E-state index in [9.17, 15) is 9.50 Å². The standard InChI is InChI=1S/C19H26FNO3/c1-23-9-3-2-7-19(22,15-5-4-8-21-13-15)17-12-16(20)11-14-6-10-24-18(14)17/h6,10-12,15,21-22H,2-5,7-9,13H2,1H3/t15-,19+/m1/s1. The zero-order chi connectivity index (χ0) is 17.0. The average Bonchev–Trinajstić information content (AvgIpc) is 3.06. The van der Waals surface area contributed by atoms with E-state index in [1.165, 1.54) is 12.1 Å². The molecule has 0 spiro atoms. The normalized spacial score (nSPS) is 21.0. The van der Waals surface area contributed by atoms with Gasteiger partial charge in [-0.15, -0.1) is 0 Å². The van der Waals surface area contributed by atoms with Gasteiger partial charge in [-0.1, -0.05) is 0 Å². The van der Waals surface area contributed by atoms with Crippen LogP contribution < -0.4 is 5.32 Å². The second-order valence-electron chi connectivity index (χ2n) is 6.71.